The first-order valence-electron chi connectivity index (χ1n) is 8.49. The van der Waals surface area contributed by atoms with E-state index in [1.54, 1.807) is 4.90 Å². The van der Waals surface area contributed by atoms with Gasteiger partial charge in [0.2, 0.25) is 0 Å². The normalized spacial score (nSPS) is 15.7. The third-order valence-electron chi connectivity index (χ3n) is 4.46. The first kappa shape index (κ1) is 20.1. The largest absolute Gasteiger partial charge is 0.484 e. The molecule has 1 N–H and O–H groups in total. The van der Waals surface area contributed by atoms with E-state index in [2.05, 4.69) is 0 Å². The van der Waals surface area contributed by atoms with Gasteiger partial charge in [-0.15, -0.1) is 0 Å². The summed E-state index contributed by atoms with van der Waals surface area (Å²) >= 11 is 0. The smallest absolute Gasteiger partial charge is 0.471 e. The molecule has 5 nitrogen and oxygen atoms in total. The third kappa shape index (κ3) is 5.64. The number of piperidine rings is 1. The van der Waals surface area contributed by atoms with Gasteiger partial charge in [-0.1, -0.05) is 17.7 Å². The molecule has 0 spiro atoms. The Hall–Kier alpha value is -2.25. The fraction of sp³-hybridized carbons (Fsp3) is 0.556. The van der Waals surface area contributed by atoms with Gasteiger partial charge in [0.1, 0.15) is 5.75 Å². The number of nitrogens with zero attached hydrogens (tertiary/aromatic N) is 1. The highest BCUT2D eigenvalue weighted by Crippen LogP contribution is 2.21. The number of amides is 2. The zero-order valence-corrected chi connectivity index (χ0v) is 14.9. The van der Waals surface area contributed by atoms with Gasteiger partial charge in [0.05, 0.1) is 0 Å². The molecule has 0 aliphatic carbocycles. The molecule has 0 saturated carbocycles. The fourth-order valence-electron chi connectivity index (χ4n) is 2.92. The maximum Gasteiger partial charge on any atom is 0.471 e. The molecule has 1 aromatic rings. The molecule has 0 bridgehead atoms. The Morgan fingerprint density at radius 1 is 1.23 bits per heavy atom. The quantitative estimate of drug-likeness (QED) is 0.864. The number of carbonyl (C=O) groups is 2. The van der Waals surface area contributed by atoms with Crippen LogP contribution in [0.25, 0.3) is 0 Å². The van der Waals surface area contributed by atoms with Crippen molar-refractivity contribution in [2.75, 3.05) is 26.2 Å². The van der Waals surface area contributed by atoms with Crippen molar-refractivity contribution >= 4 is 11.8 Å². The number of carbonyl (C=O) groups excluding carboxylic acids is 2. The van der Waals surface area contributed by atoms with Gasteiger partial charge in [-0.25, -0.2) is 0 Å². The van der Waals surface area contributed by atoms with Crippen LogP contribution in [0, 0.1) is 19.8 Å². The summed E-state index contributed by atoms with van der Waals surface area (Å²) < 4.78 is 42.1. The minimum absolute atomic E-state index is 0.0283. The number of likely N-dealkylation sites (tertiary alicyclic amines) is 1. The van der Waals surface area contributed by atoms with E-state index in [4.69, 9.17) is 4.74 Å². The molecule has 26 heavy (non-hydrogen) atoms. The van der Waals surface area contributed by atoms with Crippen molar-refractivity contribution < 1.29 is 27.5 Å². The lowest BCUT2D eigenvalue weighted by molar-refractivity contribution is -0.173. The number of aryl methyl sites for hydroxylation is 2. The Morgan fingerprint density at radius 3 is 2.46 bits per heavy atom. The van der Waals surface area contributed by atoms with Gasteiger partial charge in [-0.2, -0.15) is 13.2 Å². The Labute approximate surface area is 150 Å². The second-order valence-electron chi connectivity index (χ2n) is 6.59. The summed E-state index contributed by atoms with van der Waals surface area (Å²) in [5, 5.41) is 1.90. The lowest BCUT2D eigenvalue weighted by atomic mass is 9.97. The van der Waals surface area contributed by atoms with Crippen LogP contribution in [0.15, 0.2) is 18.2 Å². The van der Waals surface area contributed by atoms with Crippen LogP contribution < -0.4 is 10.1 Å². The van der Waals surface area contributed by atoms with Crippen LogP contribution in [0.3, 0.4) is 0 Å². The number of nitrogens with one attached hydrogen (secondary N) is 1. The Kier molecular flexibility index (Phi) is 6.50. The first-order valence-corrected chi connectivity index (χ1v) is 8.49. The molecule has 144 valence electrons. The molecule has 0 unspecified atom stereocenters. The van der Waals surface area contributed by atoms with Crippen LogP contribution in [0.5, 0.6) is 5.75 Å². The topological polar surface area (TPSA) is 58.6 Å². The first-order chi connectivity index (χ1) is 12.2. The van der Waals surface area contributed by atoms with E-state index >= 15 is 0 Å². The van der Waals surface area contributed by atoms with E-state index < -0.39 is 12.1 Å². The molecule has 1 saturated heterocycles. The highest BCUT2D eigenvalue weighted by atomic mass is 19.4. The number of benzene rings is 1. The minimum atomic E-state index is -4.86. The molecule has 1 fully saturated rings. The molecular weight excluding hydrogens is 349 g/mol. The molecule has 0 atom stereocenters. The zero-order valence-electron chi connectivity index (χ0n) is 14.9. The third-order valence-corrected chi connectivity index (χ3v) is 4.46. The summed E-state index contributed by atoms with van der Waals surface area (Å²) in [5.74, 6) is -1.47. The Bertz CT molecular complexity index is 654. The number of alkyl halides is 3. The highest BCUT2D eigenvalue weighted by molar-refractivity contribution is 5.81. The monoisotopic (exact) mass is 372 g/mol. The van der Waals surface area contributed by atoms with Crippen LogP contribution in [0.1, 0.15) is 24.0 Å². The summed E-state index contributed by atoms with van der Waals surface area (Å²) in [6, 6.07) is 5.71. The highest BCUT2D eigenvalue weighted by Gasteiger charge is 2.38. The van der Waals surface area contributed by atoms with E-state index in [0.717, 1.165) is 11.1 Å². The maximum absolute atomic E-state index is 12.2. The number of rotatable bonds is 5. The standard InChI is InChI=1S/C18H23F3N2O3/c1-12-3-4-15(13(2)9-12)26-11-16(24)23-7-5-14(6-8-23)10-22-17(25)18(19,20)21/h3-4,9,14H,5-8,10-11H2,1-2H3,(H,22,25). The second-order valence-corrected chi connectivity index (χ2v) is 6.59. The van der Waals surface area contributed by atoms with Crippen LogP contribution in [0.4, 0.5) is 13.2 Å². The lowest BCUT2D eigenvalue weighted by Crippen LogP contribution is -2.45. The van der Waals surface area contributed by atoms with E-state index in [1.165, 1.54) is 0 Å². The Balaban J connectivity index is 1.73. The van der Waals surface area contributed by atoms with Crippen LogP contribution in [-0.2, 0) is 9.59 Å². The molecule has 8 heteroatoms. The average Bonchev–Trinajstić information content (AvgIpc) is 2.58. The van der Waals surface area contributed by atoms with E-state index in [9.17, 15) is 22.8 Å². The van der Waals surface area contributed by atoms with Crippen molar-refractivity contribution in [2.45, 2.75) is 32.9 Å². The van der Waals surface area contributed by atoms with Crippen molar-refractivity contribution in [2.24, 2.45) is 5.92 Å². The fourth-order valence-corrected chi connectivity index (χ4v) is 2.92. The predicted octanol–water partition coefficient (Wildman–Crippen LogP) is 2.60. The number of hydrogen-bond acceptors (Lipinski definition) is 3. The summed E-state index contributed by atoms with van der Waals surface area (Å²) in [5.41, 5.74) is 2.07. The summed E-state index contributed by atoms with van der Waals surface area (Å²) in [4.78, 5) is 24.7. The van der Waals surface area contributed by atoms with Crippen molar-refractivity contribution in [3.8, 4) is 5.75 Å². The van der Waals surface area contributed by atoms with Crippen LogP contribution >= 0.6 is 0 Å². The zero-order chi connectivity index (χ0) is 19.3. The summed E-state index contributed by atoms with van der Waals surface area (Å²) in [7, 11) is 0. The molecule has 2 rings (SSSR count). The van der Waals surface area contributed by atoms with Gasteiger partial charge < -0.3 is 15.0 Å². The molecule has 0 radical (unpaired) electrons. The molecule has 1 aliphatic rings. The van der Waals surface area contributed by atoms with E-state index in [1.807, 2.05) is 37.4 Å². The van der Waals surface area contributed by atoms with Crippen molar-refractivity contribution in [3.05, 3.63) is 29.3 Å². The van der Waals surface area contributed by atoms with Gasteiger partial charge in [-0.3, -0.25) is 9.59 Å². The maximum atomic E-state index is 12.2. The van der Waals surface area contributed by atoms with Gasteiger partial charge in [0.15, 0.2) is 6.61 Å². The van der Waals surface area contributed by atoms with Gasteiger partial charge in [-0.05, 0) is 44.2 Å². The number of halogens is 3. The minimum Gasteiger partial charge on any atom is -0.484 e. The van der Waals surface area contributed by atoms with Crippen LogP contribution in [0.2, 0.25) is 0 Å². The summed E-state index contributed by atoms with van der Waals surface area (Å²) in [6.45, 7) is 4.68. The molecule has 1 aromatic carbocycles. The summed E-state index contributed by atoms with van der Waals surface area (Å²) in [6.07, 6.45) is -3.76. The SMILES string of the molecule is Cc1ccc(OCC(=O)N2CCC(CNC(=O)C(F)(F)F)CC2)c(C)c1. The molecule has 0 aromatic heterocycles. The van der Waals surface area contributed by atoms with Gasteiger partial charge in [0, 0.05) is 19.6 Å². The number of ether oxygens (including phenoxy) is 1. The van der Waals surface area contributed by atoms with E-state index in [0.29, 0.717) is 31.7 Å². The predicted molar refractivity (Wildman–Crippen MR) is 89.8 cm³/mol. The van der Waals surface area contributed by atoms with Gasteiger partial charge >= 0.3 is 12.1 Å². The second kappa shape index (κ2) is 8.42. The number of hydrogen-bond donors (Lipinski definition) is 1. The lowest BCUT2D eigenvalue weighted by Gasteiger charge is -2.32. The van der Waals surface area contributed by atoms with Crippen molar-refractivity contribution in [1.82, 2.24) is 10.2 Å². The van der Waals surface area contributed by atoms with Gasteiger partial charge in [0.25, 0.3) is 5.91 Å². The average molecular weight is 372 g/mol. The van der Waals surface area contributed by atoms with Crippen LogP contribution in [-0.4, -0.2) is 49.1 Å². The Morgan fingerprint density at radius 2 is 1.88 bits per heavy atom. The van der Waals surface area contributed by atoms with Crippen molar-refractivity contribution in [3.63, 3.8) is 0 Å². The molecule has 2 amide bonds. The molecule has 1 aliphatic heterocycles. The van der Waals surface area contributed by atoms with Crippen molar-refractivity contribution in [1.29, 1.82) is 0 Å². The molecule has 1 heterocycles. The van der Waals surface area contributed by atoms with E-state index in [-0.39, 0.29) is 25.0 Å². The molecular formula is C18H23F3N2O3.